The average molecular weight is 271 g/mol. The molecule has 0 radical (unpaired) electrons. The lowest BCUT2D eigenvalue weighted by molar-refractivity contribution is 0.390. The zero-order valence-corrected chi connectivity index (χ0v) is 12.1. The van der Waals surface area contributed by atoms with Crippen LogP contribution in [0.25, 0.3) is 10.8 Å². The van der Waals surface area contributed by atoms with Gasteiger partial charge in [-0.1, -0.05) is 60.7 Å². The number of benzene rings is 3. The minimum Gasteiger partial charge on any atom is -0.297 e. The summed E-state index contributed by atoms with van der Waals surface area (Å²) in [6, 6.07) is 22.7. The second-order valence-corrected chi connectivity index (χ2v) is 6.43. The van der Waals surface area contributed by atoms with Crippen LogP contribution in [0, 0.1) is 0 Å². The van der Waals surface area contributed by atoms with Crippen LogP contribution in [0.3, 0.4) is 0 Å². The highest BCUT2D eigenvalue weighted by Gasteiger charge is 2.45. The van der Waals surface area contributed by atoms with Crippen LogP contribution in [0.4, 0.5) is 0 Å². The molecule has 1 heteroatoms. The second-order valence-electron chi connectivity index (χ2n) is 6.43. The van der Waals surface area contributed by atoms with E-state index in [1.165, 1.54) is 33.0 Å². The highest BCUT2D eigenvalue weighted by atomic mass is 15.1. The molecule has 2 atom stereocenters. The van der Waals surface area contributed by atoms with Gasteiger partial charge in [0.1, 0.15) is 0 Å². The van der Waals surface area contributed by atoms with E-state index in [2.05, 4.69) is 72.9 Å². The first-order valence-corrected chi connectivity index (χ1v) is 7.65. The zero-order valence-electron chi connectivity index (χ0n) is 12.1. The van der Waals surface area contributed by atoms with Crippen molar-refractivity contribution >= 4 is 10.8 Å². The molecule has 0 spiro atoms. The molecule has 5 rings (SSSR count). The number of rotatable bonds is 0. The van der Waals surface area contributed by atoms with E-state index in [-0.39, 0.29) is 5.54 Å². The molecule has 0 saturated carbocycles. The Morgan fingerprint density at radius 2 is 1.71 bits per heavy atom. The van der Waals surface area contributed by atoms with Gasteiger partial charge in [0.2, 0.25) is 0 Å². The molecule has 0 aromatic heterocycles. The van der Waals surface area contributed by atoms with Crippen molar-refractivity contribution < 1.29 is 0 Å². The van der Waals surface area contributed by atoms with E-state index in [0.717, 1.165) is 6.42 Å². The van der Waals surface area contributed by atoms with Crippen LogP contribution < -0.4 is 5.32 Å². The van der Waals surface area contributed by atoms with E-state index in [1.807, 2.05) is 0 Å². The summed E-state index contributed by atoms with van der Waals surface area (Å²) in [5, 5.41) is 6.62. The van der Waals surface area contributed by atoms with Gasteiger partial charge in [-0.05, 0) is 46.4 Å². The molecule has 0 amide bonds. The number of fused-ring (bicyclic) bond motifs is 9. The molecule has 2 aliphatic heterocycles. The summed E-state index contributed by atoms with van der Waals surface area (Å²) in [5.74, 6) is 0. The van der Waals surface area contributed by atoms with Crippen LogP contribution in [0.2, 0.25) is 0 Å². The number of hydrogen-bond acceptors (Lipinski definition) is 1. The Balaban J connectivity index is 1.87. The largest absolute Gasteiger partial charge is 0.297 e. The molecule has 2 bridgehead atoms. The molecule has 2 heterocycles. The number of nitrogens with one attached hydrogen (secondary N) is 1. The van der Waals surface area contributed by atoms with Crippen molar-refractivity contribution in [2.75, 3.05) is 0 Å². The molecule has 1 N–H and O–H groups in total. The smallest absolute Gasteiger partial charge is 0.0672 e. The van der Waals surface area contributed by atoms with Crippen LogP contribution in [-0.4, -0.2) is 0 Å². The fourth-order valence-electron chi connectivity index (χ4n) is 4.37. The van der Waals surface area contributed by atoms with Crippen LogP contribution in [-0.2, 0) is 12.0 Å². The van der Waals surface area contributed by atoms with E-state index in [1.54, 1.807) is 0 Å². The first-order chi connectivity index (χ1) is 10.3. The molecule has 102 valence electrons. The maximum Gasteiger partial charge on any atom is 0.0672 e. The van der Waals surface area contributed by atoms with Gasteiger partial charge in [-0.25, -0.2) is 0 Å². The molecule has 0 saturated heterocycles. The molecule has 1 nitrogen and oxygen atoms in total. The van der Waals surface area contributed by atoms with Gasteiger partial charge >= 0.3 is 0 Å². The summed E-state index contributed by atoms with van der Waals surface area (Å²) < 4.78 is 0. The topological polar surface area (TPSA) is 12.0 Å². The summed E-state index contributed by atoms with van der Waals surface area (Å²) in [4.78, 5) is 0. The molecule has 0 fully saturated rings. The van der Waals surface area contributed by atoms with Gasteiger partial charge in [0.05, 0.1) is 5.54 Å². The average Bonchev–Trinajstić information content (AvgIpc) is 2.77. The van der Waals surface area contributed by atoms with Crippen molar-refractivity contribution in [1.29, 1.82) is 0 Å². The van der Waals surface area contributed by atoms with Crippen molar-refractivity contribution in [2.45, 2.75) is 24.9 Å². The third-order valence-corrected chi connectivity index (χ3v) is 5.33. The highest BCUT2D eigenvalue weighted by molar-refractivity contribution is 5.88. The second kappa shape index (κ2) is 3.75. The Morgan fingerprint density at radius 3 is 2.67 bits per heavy atom. The summed E-state index contributed by atoms with van der Waals surface area (Å²) in [6.07, 6.45) is 1.09. The zero-order chi connectivity index (χ0) is 14.0. The van der Waals surface area contributed by atoms with Gasteiger partial charge in [-0.3, -0.25) is 5.32 Å². The van der Waals surface area contributed by atoms with E-state index in [4.69, 9.17) is 0 Å². The maximum atomic E-state index is 3.85. The van der Waals surface area contributed by atoms with Crippen molar-refractivity contribution in [1.82, 2.24) is 5.32 Å². The lowest BCUT2D eigenvalue weighted by Crippen LogP contribution is -2.41. The third-order valence-electron chi connectivity index (χ3n) is 5.33. The summed E-state index contributed by atoms with van der Waals surface area (Å²) in [5.41, 5.74) is 5.85. The van der Waals surface area contributed by atoms with Crippen molar-refractivity contribution in [3.05, 3.63) is 82.9 Å². The fraction of sp³-hybridized carbons (Fsp3) is 0.200. The van der Waals surface area contributed by atoms with Crippen LogP contribution in [0.5, 0.6) is 0 Å². The molecular weight excluding hydrogens is 254 g/mol. The summed E-state index contributed by atoms with van der Waals surface area (Å²) in [7, 11) is 0. The molecule has 2 aliphatic rings. The Morgan fingerprint density at radius 1 is 0.905 bits per heavy atom. The van der Waals surface area contributed by atoms with Gasteiger partial charge < -0.3 is 0 Å². The van der Waals surface area contributed by atoms with Crippen LogP contribution >= 0.6 is 0 Å². The summed E-state index contributed by atoms with van der Waals surface area (Å²) >= 11 is 0. The van der Waals surface area contributed by atoms with Gasteiger partial charge in [0.25, 0.3) is 0 Å². The fourth-order valence-corrected chi connectivity index (χ4v) is 4.37. The first-order valence-electron chi connectivity index (χ1n) is 7.65. The maximum absolute atomic E-state index is 3.85. The predicted octanol–water partition coefficient (Wildman–Crippen LogP) is 4.30. The lowest BCUT2D eigenvalue weighted by Gasteiger charge is -2.35. The van der Waals surface area contributed by atoms with Gasteiger partial charge in [0, 0.05) is 6.04 Å². The van der Waals surface area contributed by atoms with Crippen LogP contribution in [0.1, 0.15) is 35.2 Å². The van der Waals surface area contributed by atoms with Gasteiger partial charge in [0.15, 0.2) is 0 Å². The number of hydrogen-bond donors (Lipinski definition) is 1. The first kappa shape index (κ1) is 11.5. The molecule has 3 aromatic carbocycles. The van der Waals surface area contributed by atoms with E-state index >= 15 is 0 Å². The SMILES string of the molecule is C[C@]12N[C@H](Cc3c1ccc1ccccc31)c1ccccc12. The Kier molecular flexibility index (Phi) is 2.06. The molecular formula is C20H17N. The predicted molar refractivity (Wildman–Crippen MR) is 86.4 cm³/mol. The third kappa shape index (κ3) is 1.35. The lowest BCUT2D eigenvalue weighted by atomic mass is 9.80. The van der Waals surface area contributed by atoms with E-state index < -0.39 is 0 Å². The standard InChI is InChI=1S/C20H17N/c1-20-17-9-5-4-8-15(17)19(21-20)12-16-14-7-3-2-6-13(14)10-11-18(16)20/h2-11,19,21H,12H2,1H3/t19-,20-/m1/s1. The Bertz CT molecular complexity index is 880. The van der Waals surface area contributed by atoms with Gasteiger partial charge in [-0.2, -0.15) is 0 Å². The monoisotopic (exact) mass is 271 g/mol. The quantitative estimate of drug-likeness (QED) is 0.642. The Hall–Kier alpha value is -2.12. The molecule has 0 aliphatic carbocycles. The summed E-state index contributed by atoms with van der Waals surface area (Å²) in [6.45, 7) is 2.33. The highest BCUT2D eigenvalue weighted by Crippen LogP contribution is 2.49. The van der Waals surface area contributed by atoms with Gasteiger partial charge in [-0.15, -0.1) is 0 Å². The minimum atomic E-state index is -0.0428. The normalized spacial score (nSPS) is 25.7. The Labute approximate surface area is 124 Å². The molecule has 3 aromatic rings. The minimum absolute atomic E-state index is 0.0428. The van der Waals surface area contributed by atoms with E-state index in [0.29, 0.717) is 6.04 Å². The molecule has 21 heavy (non-hydrogen) atoms. The van der Waals surface area contributed by atoms with E-state index in [9.17, 15) is 0 Å². The van der Waals surface area contributed by atoms with Crippen LogP contribution in [0.15, 0.2) is 60.7 Å². The van der Waals surface area contributed by atoms with Crippen molar-refractivity contribution in [3.8, 4) is 0 Å². The van der Waals surface area contributed by atoms with Crippen molar-refractivity contribution in [3.63, 3.8) is 0 Å². The van der Waals surface area contributed by atoms with Crippen molar-refractivity contribution in [2.24, 2.45) is 0 Å². The molecule has 0 unspecified atom stereocenters.